The van der Waals surface area contributed by atoms with Crippen molar-refractivity contribution in [3.63, 3.8) is 0 Å². The van der Waals surface area contributed by atoms with Gasteiger partial charge in [0.2, 0.25) is 0 Å². The molecule has 1 aromatic rings. The second-order valence-electron chi connectivity index (χ2n) is 6.51. The third-order valence-corrected chi connectivity index (χ3v) is 4.99. The number of carbonyl (C=O) groups is 1. The molecular weight excluding hydrogens is 383 g/mol. The van der Waals surface area contributed by atoms with Crippen LogP contribution in [0.2, 0.25) is 5.15 Å². The van der Waals surface area contributed by atoms with Crippen LogP contribution in [0.5, 0.6) is 0 Å². The number of halogens is 4. The summed E-state index contributed by atoms with van der Waals surface area (Å²) in [5, 5.41) is 3.46. The van der Waals surface area contributed by atoms with Crippen LogP contribution in [0.25, 0.3) is 0 Å². The Balaban J connectivity index is 1.70. The summed E-state index contributed by atoms with van der Waals surface area (Å²) in [6, 6.07) is 1.39. The fourth-order valence-electron chi connectivity index (χ4n) is 3.10. The van der Waals surface area contributed by atoms with Crippen molar-refractivity contribution in [3.8, 4) is 0 Å². The normalized spacial score (nSPS) is 18.2. The summed E-state index contributed by atoms with van der Waals surface area (Å²) in [5.74, 6) is 0.344. The lowest BCUT2D eigenvalue weighted by Gasteiger charge is -2.30. The summed E-state index contributed by atoms with van der Waals surface area (Å²) >= 11 is 6.09. The summed E-state index contributed by atoms with van der Waals surface area (Å²) in [4.78, 5) is 18.3. The standard InChI is InChI=1S/C18H19ClF3N3O2/c1-10-7-14(24-8-15(10)27-6-4-18(20,21)22)11(2)25-9-13-12(17(25)26)3-5-23-16(13)19/h3,5,7,11,24H,4,6,8-9H2,1-2H3. The molecule has 0 aromatic carbocycles. The number of nitrogens with one attached hydrogen (secondary N) is 1. The van der Waals surface area contributed by atoms with Crippen LogP contribution in [0.4, 0.5) is 13.2 Å². The zero-order valence-corrected chi connectivity index (χ0v) is 15.6. The maximum atomic E-state index is 12.7. The number of rotatable bonds is 5. The van der Waals surface area contributed by atoms with Gasteiger partial charge in [-0.05, 0) is 31.6 Å². The zero-order chi connectivity index (χ0) is 19.8. The third kappa shape index (κ3) is 4.21. The molecule has 3 rings (SSSR count). The number of alkyl halides is 3. The van der Waals surface area contributed by atoms with Crippen LogP contribution in [0.3, 0.4) is 0 Å². The highest BCUT2D eigenvalue weighted by atomic mass is 35.5. The van der Waals surface area contributed by atoms with Crippen molar-refractivity contribution in [2.75, 3.05) is 13.2 Å². The smallest absolute Gasteiger partial charge is 0.392 e. The minimum Gasteiger partial charge on any atom is -0.495 e. The van der Waals surface area contributed by atoms with E-state index in [2.05, 4.69) is 10.3 Å². The van der Waals surface area contributed by atoms with E-state index < -0.39 is 19.2 Å². The molecule has 27 heavy (non-hydrogen) atoms. The van der Waals surface area contributed by atoms with Gasteiger partial charge in [0.15, 0.2) is 0 Å². The molecule has 3 heterocycles. The number of hydrogen-bond acceptors (Lipinski definition) is 4. The number of fused-ring (bicyclic) bond motifs is 1. The first-order valence-electron chi connectivity index (χ1n) is 8.46. The molecule has 0 fully saturated rings. The fraction of sp³-hybridized carbons (Fsp3) is 0.444. The Labute approximate surface area is 159 Å². The first kappa shape index (κ1) is 19.5. The van der Waals surface area contributed by atoms with Gasteiger partial charge in [0.05, 0.1) is 32.2 Å². The quantitative estimate of drug-likeness (QED) is 0.762. The second-order valence-corrected chi connectivity index (χ2v) is 6.87. The number of pyridine rings is 1. The Hall–Kier alpha value is -2.22. The molecule has 0 bridgehead atoms. The lowest BCUT2D eigenvalue weighted by molar-refractivity contribution is -0.142. The first-order chi connectivity index (χ1) is 12.7. The molecule has 1 atom stereocenters. The Kier molecular flexibility index (Phi) is 5.37. The van der Waals surface area contributed by atoms with Gasteiger partial charge in [0, 0.05) is 23.0 Å². The van der Waals surface area contributed by atoms with Gasteiger partial charge in [-0.2, -0.15) is 13.2 Å². The number of aromatic nitrogens is 1. The molecule has 2 aliphatic heterocycles. The Morgan fingerprint density at radius 2 is 2.19 bits per heavy atom. The van der Waals surface area contributed by atoms with Crippen molar-refractivity contribution < 1.29 is 22.7 Å². The van der Waals surface area contributed by atoms with E-state index in [-0.39, 0.29) is 18.5 Å². The highest BCUT2D eigenvalue weighted by molar-refractivity contribution is 6.30. The molecule has 1 aromatic heterocycles. The van der Waals surface area contributed by atoms with E-state index >= 15 is 0 Å². The van der Waals surface area contributed by atoms with Gasteiger partial charge < -0.3 is 15.0 Å². The van der Waals surface area contributed by atoms with E-state index in [0.717, 1.165) is 11.3 Å². The van der Waals surface area contributed by atoms with E-state index in [1.54, 1.807) is 24.0 Å². The minimum atomic E-state index is -4.24. The summed E-state index contributed by atoms with van der Waals surface area (Å²) < 4.78 is 42.0. The Bertz CT molecular complexity index is 821. The van der Waals surface area contributed by atoms with Crippen LogP contribution in [0, 0.1) is 0 Å². The minimum absolute atomic E-state index is 0.127. The first-order valence-corrected chi connectivity index (χ1v) is 8.84. The number of hydrogen-bond donors (Lipinski definition) is 1. The molecule has 2 aliphatic rings. The predicted molar refractivity (Wildman–Crippen MR) is 94.0 cm³/mol. The van der Waals surface area contributed by atoms with Crippen LogP contribution in [-0.4, -0.2) is 41.2 Å². The largest absolute Gasteiger partial charge is 0.495 e. The molecule has 0 spiro atoms. The van der Waals surface area contributed by atoms with E-state index in [4.69, 9.17) is 16.3 Å². The molecule has 1 amide bonds. The summed E-state index contributed by atoms with van der Waals surface area (Å²) in [6.45, 7) is 3.88. The molecule has 9 heteroatoms. The molecule has 0 saturated carbocycles. The SMILES string of the molecule is CC1=C(OCCC(F)(F)F)CNC(C(C)N2Cc3c(ccnc3Cl)C2=O)=C1. The van der Waals surface area contributed by atoms with Gasteiger partial charge in [-0.25, -0.2) is 4.98 Å². The van der Waals surface area contributed by atoms with Gasteiger partial charge in [0.25, 0.3) is 5.91 Å². The van der Waals surface area contributed by atoms with Crippen LogP contribution >= 0.6 is 11.6 Å². The van der Waals surface area contributed by atoms with Crippen molar-refractivity contribution in [1.29, 1.82) is 0 Å². The number of carbonyl (C=O) groups excluding carboxylic acids is 1. The van der Waals surface area contributed by atoms with Crippen molar-refractivity contribution in [2.45, 2.75) is 39.0 Å². The average molecular weight is 402 g/mol. The van der Waals surface area contributed by atoms with Crippen LogP contribution < -0.4 is 5.32 Å². The van der Waals surface area contributed by atoms with Gasteiger partial charge in [-0.1, -0.05) is 11.6 Å². The van der Waals surface area contributed by atoms with E-state index in [9.17, 15) is 18.0 Å². The molecule has 1 N–H and O–H groups in total. The van der Waals surface area contributed by atoms with Gasteiger partial charge in [-0.3, -0.25) is 4.79 Å². The molecular formula is C18H19ClF3N3O2. The molecule has 1 unspecified atom stereocenters. The Morgan fingerprint density at radius 3 is 2.81 bits per heavy atom. The number of ether oxygens (including phenoxy) is 1. The fourth-order valence-corrected chi connectivity index (χ4v) is 3.32. The van der Waals surface area contributed by atoms with E-state index in [0.29, 0.717) is 28.6 Å². The predicted octanol–water partition coefficient (Wildman–Crippen LogP) is 3.81. The van der Waals surface area contributed by atoms with Crippen LogP contribution in [0.15, 0.2) is 35.4 Å². The maximum Gasteiger partial charge on any atom is 0.392 e. The van der Waals surface area contributed by atoms with Gasteiger partial charge >= 0.3 is 6.18 Å². The van der Waals surface area contributed by atoms with Gasteiger partial charge in [0.1, 0.15) is 10.9 Å². The monoisotopic (exact) mass is 401 g/mol. The zero-order valence-electron chi connectivity index (χ0n) is 14.9. The van der Waals surface area contributed by atoms with Crippen molar-refractivity contribution >= 4 is 17.5 Å². The number of allylic oxidation sites excluding steroid dienone is 2. The molecule has 0 aliphatic carbocycles. The Morgan fingerprint density at radius 1 is 1.44 bits per heavy atom. The van der Waals surface area contributed by atoms with E-state index in [1.807, 2.05) is 6.92 Å². The number of amides is 1. The number of dihydropyridines is 1. The third-order valence-electron chi connectivity index (χ3n) is 4.67. The average Bonchev–Trinajstić information content (AvgIpc) is 2.93. The molecule has 5 nitrogen and oxygen atoms in total. The van der Waals surface area contributed by atoms with Gasteiger partial charge in [-0.15, -0.1) is 0 Å². The summed E-state index contributed by atoms with van der Waals surface area (Å²) in [7, 11) is 0. The van der Waals surface area contributed by atoms with Crippen molar-refractivity contribution in [2.24, 2.45) is 0 Å². The highest BCUT2D eigenvalue weighted by Crippen LogP contribution is 2.31. The molecule has 0 radical (unpaired) electrons. The van der Waals surface area contributed by atoms with Crippen molar-refractivity contribution in [1.82, 2.24) is 15.2 Å². The lowest BCUT2D eigenvalue weighted by atomic mass is 10.1. The van der Waals surface area contributed by atoms with Crippen LogP contribution in [-0.2, 0) is 11.3 Å². The second kappa shape index (κ2) is 7.42. The van der Waals surface area contributed by atoms with E-state index in [1.165, 1.54) is 6.20 Å². The van der Waals surface area contributed by atoms with Crippen LogP contribution in [0.1, 0.15) is 36.2 Å². The lowest BCUT2D eigenvalue weighted by Crippen LogP contribution is -2.40. The molecule has 0 saturated heterocycles. The van der Waals surface area contributed by atoms with Crippen molar-refractivity contribution in [3.05, 3.63) is 51.6 Å². The highest BCUT2D eigenvalue weighted by Gasteiger charge is 2.34. The molecule has 146 valence electrons. The summed E-state index contributed by atoms with van der Waals surface area (Å²) in [5.41, 5.74) is 2.78. The summed E-state index contributed by atoms with van der Waals surface area (Å²) in [6.07, 6.45) is -1.94. The topological polar surface area (TPSA) is 54.5 Å². The number of nitrogens with zero attached hydrogens (tertiary/aromatic N) is 2. The maximum absolute atomic E-state index is 12.7.